The maximum absolute atomic E-state index is 4.61. The van der Waals surface area contributed by atoms with Gasteiger partial charge in [-0.25, -0.2) is 0 Å². The Kier molecular flexibility index (Phi) is 9.27. The summed E-state index contributed by atoms with van der Waals surface area (Å²) in [7, 11) is 2.20. The van der Waals surface area contributed by atoms with E-state index in [1.807, 2.05) is 36.4 Å². The molecule has 1 nitrogen and oxygen atoms in total. The van der Waals surface area contributed by atoms with Gasteiger partial charge in [-0.1, -0.05) is 43.3 Å². The molecule has 1 unspecified atom stereocenters. The highest BCUT2D eigenvalue weighted by Gasteiger charge is 1.66. The zero-order valence-corrected chi connectivity index (χ0v) is 8.02. The van der Waals surface area contributed by atoms with Gasteiger partial charge in [0, 0.05) is 16.1 Å². The van der Waals surface area contributed by atoms with Crippen molar-refractivity contribution in [1.82, 2.24) is 0 Å². The van der Waals surface area contributed by atoms with Gasteiger partial charge in [-0.15, -0.1) is 0 Å². The molecule has 62 valence electrons. The summed E-state index contributed by atoms with van der Waals surface area (Å²) in [5.74, 6) is 0. The van der Waals surface area contributed by atoms with Gasteiger partial charge in [-0.2, -0.15) is 0 Å². The lowest BCUT2D eigenvalue weighted by molar-refractivity contribution is 0.371. The second-order valence-corrected chi connectivity index (χ2v) is 2.36. The van der Waals surface area contributed by atoms with Gasteiger partial charge >= 0.3 is 0 Å². The van der Waals surface area contributed by atoms with Crippen LogP contribution in [-0.4, -0.2) is 6.61 Å². The Morgan fingerprint density at radius 1 is 1.00 bits per heavy atom. The molecule has 0 N–H and O–H groups in total. The van der Waals surface area contributed by atoms with Crippen LogP contribution in [0.2, 0.25) is 0 Å². The predicted octanol–water partition coefficient (Wildman–Crippen LogP) is 2.89. The first-order valence-corrected chi connectivity index (χ1v) is 4.20. The van der Waals surface area contributed by atoms with Crippen LogP contribution in [0.3, 0.4) is 0 Å². The summed E-state index contributed by atoms with van der Waals surface area (Å²) in [5.41, 5.74) is 0. The quantitative estimate of drug-likeness (QED) is 0.620. The molecule has 0 amide bonds. The lowest BCUT2D eigenvalue weighted by Crippen LogP contribution is -1.73. The molecule has 0 bridgehead atoms. The first kappa shape index (κ1) is 10.6. The molecule has 0 spiro atoms. The van der Waals surface area contributed by atoms with Crippen molar-refractivity contribution in [2.75, 3.05) is 6.61 Å². The third-order valence-electron chi connectivity index (χ3n) is 0.989. The average molecular weight is 170 g/mol. The molecule has 0 fully saturated rings. The molecule has 0 aliphatic heterocycles. The minimum absolute atomic E-state index is 0.852. The first-order chi connectivity index (χ1) is 5.41. The fraction of sp³-hybridized carbons (Fsp3) is 0.333. The standard InChI is InChI=1S/C6H6.C3H9OP/c1-2-4-6-5-3-1;1-2-3-4-5/h1-6H;2-3,5H2,1H3. The van der Waals surface area contributed by atoms with Gasteiger partial charge in [-0.05, 0) is 6.42 Å². The average Bonchev–Trinajstić information content (AvgIpc) is 2.10. The molecule has 0 aliphatic carbocycles. The predicted molar refractivity (Wildman–Crippen MR) is 52.4 cm³/mol. The second-order valence-electron chi connectivity index (χ2n) is 2.03. The highest BCUT2D eigenvalue weighted by molar-refractivity contribution is 7.09. The summed E-state index contributed by atoms with van der Waals surface area (Å²) >= 11 is 0. The molecule has 1 atom stereocenters. The van der Waals surface area contributed by atoms with E-state index in [4.69, 9.17) is 0 Å². The van der Waals surface area contributed by atoms with Crippen molar-refractivity contribution in [3.8, 4) is 0 Å². The molecule has 1 aromatic carbocycles. The monoisotopic (exact) mass is 170 g/mol. The minimum atomic E-state index is 0.852. The van der Waals surface area contributed by atoms with Crippen molar-refractivity contribution in [1.29, 1.82) is 0 Å². The third kappa shape index (κ3) is 9.61. The SMILES string of the molecule is CCCOP.c1ccccc1. The van der Waals surface area contributed by atoms with Gasteiger partial charge in [0.2, 0.25) is 0 Å². The Hall–Kier alpha value is -0.390. The Bertz CT molecular complexity index is 113. The summed E-state index contributed by atoms with van der Waals surface area (Å²) < 4.78 is 4.61. The van der Waals surface area contributed by atoms with Gasteiger partial charge in [-0.3, -0.25) is 0 Å². The molecule has 0 aliphatic rings. The summed E-state index contributed by atoms with van der Waals surface area (Å²) in [6.07, 6.45) is 1.10. The van der Waals surface area contributed by atoms with Gasteiger partial charge in [0.15, 0.2) is 0 Å². The van der Waals surface area contributed by atoms with Crippen LogP contribution in [0.4, 0.5) is 0 Å². The maximum atomic E-state index is 4.61. The lowest BCUT2D eigenvalue weighted by atomic mass is 10.4. The van der Waals surface area contributed by atoms with E-state index in [1.54, 1.807) is 0 Å². The Balaban J connectivity index is 0.000000187. The van der Waals surface area contributed by atoms with Crippen LogP contribution in [0.5, 0.6) is 0 Å². The second kappa shape index (κ2) is 9.61. The van der Waals surface area contributed by atoms with Gasteiger partial charge in [0.1, 0.15) is 0 Å². The van der Waals surface area contributed by atoms with E-state index >= 15 is 0 Å². The normalized spacial score (nSPS) is 8.18. The Morgan fingerprint density at radius 3 is 1.45 bits per heavy atom. The molecule has 1 rings (SSSR count). The third-order valence-corrected chi connectivity index (χ3v) is 1.22. The summed E-state index contributed by atoms with van der Waals surface area (Å²) in [5, 5.41) is 0. The molecule has 0 heterocycles. The fourth-order valence-electron chi connectivity index (χ4n) is 0.503. The van der Waals surface area contributed by atoms with Crippen LogP contribution in [0.1, 0.15) is 13.3 Å². The van der Waals surface area contributed by atoms with Crippen LogP contribution in [0.15, 0.2) is 36.4 Å². The highest BCUT2D eigenvalue weighted by Crippen LogP contribution is 1.84. The molecule has 0 aromatic heterocycles. The number of hydrogen-bond acceptors (Lipinski definition) is 1. The van der Waals surface area contributed by atoms with E-state index in [1.165, 1.54) is 0 Å². The van der Waals surface area contributed by atoms with Crippen molar-refractivity contribution < 1.29 is 4.52 Å². The van der Waals surface area contributed by atoms with E-state index in [-0.39, 0.29) is 0 Å². The topological polar surface area (TPSA) is 9.23 Å². The summed E-state index contributed by atoms with van der Waals surface area (Å²) in [6.45, 7) is 2.93. The Labute approximate surface area is 71.1 Å². The van der Waals surface area contributed by atoms with Crippen molar-refractivity contribution in [3.63, 3.8) is 0 Å². The van der Waals surface area contributed by atoms with Gasteiger partial charge in [0.05, 0.1) is 0 Å². The van der Waals surface area contributed by atoms with Crippen molar-refractivity contribution in [2.24, 2.45) is 0 Å². The molecule has 1 aromatic rings. The van der Waals surface area contributed by atoms with E-state index in [0.717, 1.165) is 13.0 Å². The number of benzene rings is 1. The summed E-state index contributed by atoms with van der Waals surface area (Å²) in [6, 6.07) is 12.0. The molecule has 0 radical (unpaired) electrons. The van der Waals surface area contributed by atoms with Crippen molar-refractivity contribution in [2.45, 2.75) is 13.3 Å². The van der Waals surface area contributed by atoms with Crippen molar-refractivity contribution in [3.05, 3.63) is 36.4 Å². The minimum Gasteiger partial charge on any atom is -0.366 e. The van der Waals surface area contributed by atoms with Crippen molar-refractivity contribution >= 4 is 9.47 Å². The summed E-state index contributed by atoms with van der Waals surface area (Å²) in [4.78, 5) is 0. The zero-order chi connectivity index (χ0) is 8.36. The van der Waals surface area contributed by atoms with Gasteiger partial charge in [0.25, 0.3) is 0 Å². The van der Waals surface area contributed by atoms with E-state index in [9.17, 15) is 0 Å². The molecular weight excluding hydrogens is 155 g/mol. The molecule has 0 saturated heterocycles. The highest BCUT2D eigenvalue weighted by atomic mass is 31.0. The molecule has 11 heavy (non-hydrogen) atoms. The fourth-order valence-corrected chi connectivity index (χ4v) is 0.738. The maximum Gasteiger partial charge on any atom is 0.0499 e. The van der Waals surface area contributed by atoms with E-state index in [2.05, 4.69) is 20.9 Å². The smallest absolute Gasteiger partial charge is 0.0499 e. The van der Waals surface area contributed by atoms with Crippen LogP contribution < -0.4 is 0 Å². The van der Waals surface area contributed by atoms with Crippen LogP contribution in [-0.2, 0) is 4.52 Å². The largest absolute Gasteiger partial charge is 0.366 e. The zero-order valence-electron chi connectivity index (χ0n) is 6.86. The Morgan fingerprint density at radius 2 is 1.36 bits per heavy atom. The number of hydrogen-bond donors (Lipinski definition) is 0. The molecular formula is C9H15OP. The lowest BCUT2D eigenvalue weighted by Gasteiger charge is -1.84. The van der Waals surface area contributed by atoms with E-state index in [0.29, 0.717) is 0 Å². The van der Waals surface area contributed by atoms with Crippen LogP contribution in [0.25, 0.3) is 0 Å². The van der Waals surface area contributed by atoms with Crippen LogP contribution in [0, 0.1) is 0 Å². The molecule has 0 saturated carbocycles. The van der Waals surface area contributed by atoms with E-state index < -0.39 is 0 Å². The number of rotatable bonds is 2. The van der Waals surface area contributed by atoms with Gasteiger partial charge < -0.3 is 4.52 Å². The van der Waals surface area contributed by atoms with Crippen LogP contribution >= 0.6 is 9.47 Å². The first-order valence-electron chi connectivity index (χ1n) is 3.73. The molecule has 2 heteroatoms.